The Bertz CT molecular complexity index is 434. The van der Waals surface area contributed by atoms with Gasteiger partial charge in [0.05, 0.1) is 12.7 Å². The van der Waals surface area contributed by atoms with E-state index >= 15 is 0 Å². The van der Waals surface area contributed by atoms with Crippen LogP contribution in [0.3, 0.4) is 0 Å². The van der Waals surface area contributed by atoms with Gasteiger partial charge in [0, 0.05) is 5.02 Å². The van der Waals surface area contributed by atoms with Crippen molar-refractivity contribution in [3.8, 4) is 0 Å². The lowest BCUT2D eigenvalue weighted by Crippen LogP contribution is -2.23. The smallest absolute Gasteiger partial charge is 0.416 e. The number of carbonyl (C=O) groups is 1. The molecule has 0 bridgehead atoms. The van der Waals surface area contributed by atoms with Gasteiger partial charge < -0.3 is 10.5 Å². The molecule has 1 aromatic rings. The largest absolute Gasteiger partial charge is 0.468 e. The summed E-state index contributed by atoms with van der Waals surface area (Å²) in [6, 6.07) is 1.39. The Balaban J connectivity index is 3.10. The molecule has 0 saturated carbocycles. The second-order valence-electron chi connectivity index (χ2n) is 3.23. The number of hydrogen-bond donors (Lipinski definition) is 1. The van der Waals surface area contributed by atoms with Gasteiger partial charge in [-0.15, -0.1) is 0 Å². The van der Waals surface area contributed by atoms with Crippen molar-refractivity contribution in [2.24, 2.45) is 5.73 Å². The molecule has 1 atom stereocenters. The number of benzene rings is 1. The highest BCUT2D eigenvalue weighted by Gasteiger charge is 2.31. The van der Waals surface area contributed by atoms with Crippen molar-refractivity contribution in [1.29, 1.82) is 0 Å². The fraction of sp³-hybridized carbons (Fsp3) is 0.300. The lowest BCUT2D eigenvalue weighted by Gasteiger charge is -2.13. The average Bonchev–Trinajstić information content (AvgIpc) is 2.25. The second kappa shape index (κ2) is 4.93. The molecule has 1 aromatic carbocycles. The third-order valence-corrected chi connectivity index (χ3v) is 2.45. The van der Waals surface area contributed by atoms with Crippen LogP contribution in [-0.2, 0) is 15.7 Å². The van der Waals surface area contributed by atoms with Crippen LogP contribution < -0.4 is 5.73 Å². The summed E-state index contributed by atoms with van der Waals surface area (Å²) in [5, 5.41) is -0.224. The van der Waals surface area contributed by atoms with Gasteiger partial charge in [-0.2, -0.15) is 13.2 Å². The molecule has 0 spiro atoms. The summed E-state index contributed by atoms with van der Waals surface area (Å²) in [7, 11) is 1.13. The molecule has 17 heavy (non-hydrogen) atoms. The van der Waals surface area contributed by atoms with Crippen molar-refractivity contribution in [2.75, 3.05) is 7.11 Å². The van der Waals surface area contributed by atoms with Crippen LogP contribution in [0.2, 0.25) is 5.02 Å². The predicted molar refractivity (Wildman–Crippen MR) is 55.4 cm³/mol. The molecule has 0 aliphatic rings. The molecule has 94 valence electrons. The zero-order chi connectivity index (χ0) is 13.2. The van der Waals surface area contributed by atoms with Gasteiger partial charge in [-0.25, -0.2) is 0 Å². The van der Waals surface area contributed by atoms with Crippen LogP contribution in [0.4, 0.5) is 13.2 Å². The highest BCUT2D eigenvalue weighted by molar-refractivity contribution is 6.31. The minimum Gasteiger partial charge on any atom is -0.468 e. The molecule has 0 aliphatic carbocycles. The monoisotopic (exact) mass is 267 g/mol. The zero-order valence-electron chi connectivity index (χ0n) is 8.72. The van der Waals surface area contributed by atoms with E-state index < -0.39 is 23.8 Å². The van der Waals surface area contributed by atoms with Crippen LogP contribution in [0.5, 0.6) is 0 Å². The van der Waals surface area contributed by atoms with E-state index in [0.717, 1.165) is 25.3 Å². The highest BCUT2D eigenvalue weighted by Crippen LogP contribution is 2.33. The Hall–Kier alpha value is -1.27. The standard InChI is InChI=1S/C10H9ClF3NO2/c1-17-9(16)8(15)6-3-2-5(4-7(6)11)10(12,13)14/h2-4,8H,15H2,1H3. The van der Waals surface area contributed by atoms with Crippen LogP contribution in [0.1, 0.15) is 17.2 Å². The quantitative estimate of drug-likeness (QED) is 0.838. The molecule has 0 saturated heterocycles. The average molecular weight is 268 g/mol. The molecule has 0 aromatic heterocycles. The van der Waals surface area contributed by atoms with Crippen molar-refractivity contribution in [2.45, 2.75) is 12.2 Å². The number of nitrogens with two attached hydrogens (primary N) is 1. The maximum absolute atomic E-state index is 12.3. The first-order valence-electron chi connectivity index (χ1n) is 4.47. The maximum Gasteiger partial charge on any atom is 0.416 e. The maximum atomic E-state index is 12.3. The number of methoxy groups -OCH3 is 1. The van der Waals surface area contributed by atoms with Crippen LogP contribution in [-0.4, -0.2) is 13.1 Å². The molecule has 2 N–H and O–H groups in total. The number of halogens is 4. The van der Waals surface area contributed by atoms with Gasteiger partial charge in [-0.1, -0.05) is 17.7 Å². The van der Waals surface area contributed by atoms with Gasteiger partial charge in [-0.05, 0) is 17.7 Å². The highest BCUT2D eigenvalue weighted by atomic mass is 35.5. The van der Waals surface area contributed by atoms with Crippen LogP contribution in [0, 0.1) is 0 Å². The second-order valence-corrected chi connectivity index (χ2v) is 3.64. The summed E-state index contributed by atoms with van der Waals surface area (Å²) < 4.78 is 41.4. The molecule has 0 aliphatic heterocycles. The minimum absolute atomic E-state index is 0.0894. The first kappa shape index (κ1) is 13.8. The third kappa shape index (κ3) is 3.10. The molecule has 0 radical (unpaired) electrons. The van der Waals surface area contributed by atoms with Crippen LogP contribution in [0.15, 0.2) is 18.2 Å². The van der Waals surface area contributed by atoms with Crippen molar-refractivity contribution < 1.29 is 22.7 Å². The van der Waals surface area contributed by atoms with Gasteiger partial charge in [0.15, 0.2) is 0 Å². The molecular formula is C10H9ClF3NO2. The molecule has 0 fully saturated rings. The van der Waals surface area contributed by atoms with Crippen molar-refractivity contribution in [1.82, 2.24) is 0 Å². The van der Waals surface area contributed by atoms with E-state index in [0.29, 0.717) is 0 Å². The van der Waals surface area contributed by atoms with E-state index in [4.69, 9.17) is 17.3 Å². The summed E-state index contributed by atoms with van der Waals surface area (Å²) in [5.41, 5.74) is 4.66. The molecular weight excluding hydrogens is 259 g/mol. The first-order valence-corrected chi connectivity index (χ1v) is 4.85. The van der Waals surface area contributed by atoms with Gasteiger partial charge >= 0.3 is 12.1 Å². The number of rotatable bonds is 2. The van der Waals surface area contributed by atoms with Crippen molar-refractivity contribution in [3.63, 3.8) is 0 Å². The Kier molecular flexibility index (Phi) is 4.00. The minimum atomic E-state index is -4.49. The lowest BCUT2D eigenvalue weighted by molar-refractivity contribution is -0.142. The fourth-order valence-electron chi connectivity index (χ4n) is 1.21. The molecule has 1 unspecified atom stereocenters. The van der Waals surface area contributed by atoms with E-state index in [2.05, 4.69) is 4.74 Å². The summed E-state index contributed by atoms with van der Waals surface area (Å²) >= 11 is 5.64. The van der Waals surface area contributed by atoms with E-state index in [1.54, 1.807) is 0 Å². The zero-order valence-corrected chi connectivity index (χ0v) is 9.47. The Morgan fingerprint density at radius 2 is 2.06 bits per heavy atom. The SMILES string of the molecule is COC(=O)C(N)c1ccc(C(F)(F)F)cc1Cl. The lowest BCUT2D eigenvalue weighted by atomic mass is 10.1. The van der Waals surface area contributed by atoms with E-state index in [1.165, 1.54) is 0 Å². The van der Waals surface area contributed by atoms with Crippen molar-refractivity contribution in [3.05, 3.63) is 34.3 Å². The molecule has 0 heterocycles. The van der Waals surface area contributed by atoms with Crippen LogP contribution >= 0.6 is 11.6 Å². The van der Waals surface area contributed by atoms with E-state index in [9.17, 15) is 18.0 Å². The van der Waals surface area contributed by atoms with Gasteiger partial charge in [0.1, 0.15) is 6.04 Å². The third-order valence-electron chi connectivity index (χ3n) is 2.12. The van der Waals surface area contributed by atoms with Crippen molar-refractivity contribution >= 4 is 17.6 Å². The topological polar surface area (TPSA) is 52.3 Å². The number of alkyl halides is 3. The molecule has 3 nitrogen and oxygen atoms in total. The first-order chi connectivity index (χ1) is 7.77. The normalized spacial score (nSPS) is 13.3. The summed E-state index contributed by atoms with van der Waals surface area (Å²) in [6.45, 7) is 0. The molecule has 0 amide bonds. The van der Waals surface area contributed by atoms with Gasteiger partial charge in [0.2, 0.25) is 0 Å². The predicted octanol–water partition coefficient (Wildman–Crippen LogP) is 2.53. The van der Waals surface area contributed by atoms with Gasteiger partial charge in [-0.3, -0.25) is 4.79 Å². The van der Waals surface area contributed by atoms with E-state index in [-0.39, 0.29) is 10.6 Å². The Labute approximate surface area is 100 Å². The number of ether oxygens (including phenoxy) is 1. The summed E-state index contributed by atoms with van der Waals surface area (Å²) in [4.78, 5) is 11.1. The Morgan fingerprint density at radius 1 is 1.47 bits per heavy atom. The van der Waals surface area contributed by atoms with E-state index in [1.807, 2.05) is 0 Å². The summed E-state index contributed by atoms with van der Waals surface area (Å²) in [5.74, 6) is -0.772. The van der Waals surface area contributed by atoms with Gasteiger partial charge in [0.25, 0.3) is 0 Å². The molecule has 7 heteroatoms. The number of hydrogen-bond acceptors (Lipinski definition) is 3. The number of esters is 1. The fourth-order valence-corrected chi connectivity index (χ4v) is 1.51. The molecule has 1 rings (SSSR count). The summed E-state index contributed by atoms with van der Waals surface area (Å²) in [6.07, 6.45) is -4.49. The number of carbonyl (C=O) groups excluding carboxylic acids is 1. The van der Waals surface area contributed by atoms with Crippen LogP contribution in [0.25, 0.3) is 0 Å². The Morgan fingerprint density at radius 3 is 2.47 bits per heavy atom.